The molecule has 0 bridgehead atoms. The average Bonchev–Trinajstić information content (AvgIpc) is 3.09. The molecule has 1 atom stereocenters. The van der Waals surface area contributed by atoms with Gasteiger partial charge < -0.3 is 5.11 Å². The average molecular weight is 457 g/mol. The number of Topliss-reactive ketones (excluding diaryl/α,β-unsaturated/α-hetero) is 1. The van der Waals surface area contributed by atoms with E-state index in [-0.39, 0.29) is 22.2 Å². The SMILES string of the molecule is CC(C)(C)c1ccc(N2C(=O)C(=O)/C(=C(\O)c3cccc([N+](=O)[O-])c3)C2c2ccccn2)cc1. The van der Waals surface area contributed by atoms with Crippen LogP contribution in [0.3, 0.4) is 0 Å². The van der Waals surface area contributed by atoms with E-state index in [4.69, 9.17) is 0 Å². The lowest BCUT2D eigenvalue weighted by atomic mass is 9.87. The van der Waals surface area contributed by atoms with Gasteiger partial charge in [0, 0.05) is 29.6 Å². The Hall–Kier alpha value is -4.33. The normalized spacial score (nSPS) is 17.7. The Morgan fingerprint density at radius 2 is 1.74 bits per heavy atom. The number of hydrogen-bond donors (Lipinski definition) is 1. The highest BCUT2D eigenvalue weighted by atomic mass is 16.6. The number of aromatic nitrogens is 1. The number of nitrogens with zero attached hydrogens (tertiary/aromatic N) is 3. The Morgan fingerprint density at radius 3 is 2.32 bits per heavy atom. The number of rotatable bonds is 4. The summed E-state index contributed by atoms with van der Waals surface area (Å²) in [4.78, 5) is 42.6. The van der Waals surface area contributed by atoms with Crippen LogP contribution < -0.4 is 4.90 Å². The van der Waals surface area contributed by atoms with Gasteiger partial charge in [-0.05, 0) is 35.2 Å². The molecule has 2 heterocycles. The van der Waals surface area contributed by atoms with Crippen molar-refractivity contribution in [2.45, 2.75) is 32.2 Å². The van der Waals surface area contributed by atoms with Crippen LogP contribution in [0.1, 0.15) is 43.6 Å². The molecule has 3 aromatic rings. The zero-order valence-electron chi connectivity index (χ0n) is 18.9. The molecule has 172 valence electrons. The molecular weight excluding hydrogens is 434 g/mol. The van der Waals surface area contributed by atoms with E-state index < -0.39 is 28.4 Å². The van der Waals surface area contributed by atoms with Crippen molar-refractivity contribution in [3.8, 4) is 0 Å². The minimum absolute atomic E-state index is 0.0659. The van der Waals surface area contributed by atoms with Crippen LogP contribution in [-0.2, 0) is 15.0 Å². The molecule has 1 aliphatic heterocycles. The predicted molar refractivity (Wildman–Crippen MR) is 127 cm³/mol. The van der Waals surface area contributed by atoms with Crippen molar-refractivity contribution in [3.05, 3.63) is 105 Å². The molecule has 0 saturated carbocycles. The van der Waals surface area contributed by atoms with Gasteiger partial charge in [0.15, 0.2) is 0 Å². The first kappa shape index (κ1) is 22.8. The summed E-state index contributed by atoms with van der Waals surface area (Å²) >= 11 is 0. The first-order valence-corrected chi connectivity index (χ1v) is 10.7. The number of anilines is 1. The number of ketones is 1. The highest BCUT2D eigenvalue weighted by Crippen LogP contribution is 2.42. The van der Waals surface area contributed by atoms with Gasteiger partial charge in [0.2, 0.25) is 0 Å². The highest BCUT2D eigenvalue weighted by Gasteiger charge is 2.47. The smallest absolute Gasteiger partial charge is 0.300 e. The van der Waals surface area contributed by atoms with E-state index in [1.807, 2.05) is 12.1 Å². The number of non-ortho nitro benzene ring substituents is 1. The monoisotopic (exact) mass is 457 g/mol. The van der Waals surface area contributed by atoms with Crippen molar-refractivity contribution in [2.75, 3.05) is 4.90 Å². The first-order chi connectivity index (χ1) is 16.1. The van der Waals surface area contributed by atoms with Gasteiger partial charge >= 0.3 is 0 Å². The van der Waals surface area contributed by atoms with Gasteiger partial charge in [0.25, 0.3) is 17.4 Å². The fourth-order valence-corrected chi connectivity index (χ4v) is 3.96. The fraction of sp³-hybridized carbons (Fsp3) is 0.192. The Balaban J connectivity index is 1.90. The largest absolute Gasteiger partial charge is 0.507 e. The number of carbonyl (C=O) groups excluding carboxylic acids is 2. The molecule has 1 aliphatic rings. The van der Waals surface area contributed by atoms with Gasteiger partial charge in [-0.1, -0.05) is 51.1 Å². The molecule has 1 saturated heterocycles. The summed E-state index contributed by atoms with van der Waals surface area (Å²) in [5.74, 6) is -2.20. The van der Waals surface area contributed by atoms with Crippen molar-refractivity contribution >= 4 is 28.8 Å². The lowest BCUT2D eigenvalue weighted by Crippen LogP contribution is -2.30. The van der Waals surface area contributed by atoms with E-state index in [1.165, 1.54) is 29.3 Å². The number of nitro benzene ring substituents is 1. The number of aliphatic hydroxyl groups is 1. The second-order valence-corrected chi connectivity index (χ2v) is 9.03. The summed E-state index contributed by atoms with van der Waals surface area (Å²) < 4.78 is 0. The molecule has 0 aliphatic carbocycles. The van der Waals surface area contributed by atoms with Gasteiger partial charge in [0.1, 0.15) is 11.8 Å². The van der Waals surface area contributed by atoms with E-state index in [0.717, 1.165) is 11.6 Å². The van der Waals surface area contributed by atoms with Crippen LogP contribution in [0.5, 0.6) is 0 Å². The van der Waals surface area contributed by atoms with Gasteiger partial charge in [-0.2, -0.15) is 0 Å². The molecule has 1 aromatic heterocycles. The molecule has 4 rings (SSSR count). The summed E-state index contributed by atoms with van der Waals surface area (Å²) in [6, 6.07) is 16.7. The molecule has 8 heteroatoms. The molecule has 1 fully saturated rings. The van der Waals surface area contributed by atoms with Crippen LogP contribution in [0.25, 0.3) is 5.76 Å². The highest BCUT2D eigenvalue weighted by molar-refractivity contribution is 6.51. The summed E-state index contributed by atoms with van der Waals surface area (Å²) in [5.41, 5.74) is 1.46. The molecule has 0 radical (unpaired) electrons. The van der Waals surface area contributed by atoms with E-state index >= 15 is 0 Å². The van der Waals surface area contributed by atoms with E-state index in [1.54, 1.807) is 30.3 Å². The van der Waals surface area contributed by atoms with E-state index in [0.29, 0.717) is 11.4 Å². The maximum atomic E-state index is 13.2. The Morgan fingerprint density at radius 1 is 1.03 bits per heavy atom. The van der Waals surface area contributed by atoms with Gasteiger partial charge in [-0.15, -0.1) is 0 Å². The minimum atomic E-state index is -0.999. The van der Waals surface area contributed by atoms with Gasteiger partial charge in [0.05, 0.1) is 16.2 Å². The first-order valence-electron chi connectivity index (χ1n) is 10.7. The quantitative estimate of drug-likeness (QED) is 0.196. The van der Waals surface area contributed by atoms with Crippen molar-refractivity contribution < 1.29 is 19.6 Å². The minimum Gasteiger partial charge on any atom is -0.507 e. The third-order valence-electron chi connectivity index (χ3n) is 5.75. The number of carbonyl (C=O) groups is 2. The second-order valence-electron chi connectivity index (χ2n) is 9.03. The third-order valence-corrected chi connectivity index (χ3v) is 5.75. The summed E-state index contributed by atoms with van der Waals surface area (Å²) in [7, 11) is 0. The summed E-state index contributed by atoms with van der Waals surface area (Å²) in [6.45, 7) is 6.21. The molecule has 34 heavy (non-hydrogen) atoms. The van der Waals surface area contributed by atoms with Gasteiger partial charge in [-0.3, -0.25) is 29.6 Å². The van der Waals surface area contributed by atoms with Crippen LogP contribution in [0.2, 0.25) is 0 Å². The van der Waals surface area contributed by atoms with Crippen molar-refractivity contribution in [3.63, 3.8) is 0 Å². The number of benzene rings is 2. The number of aliphatic hydroxyl groups excluding tert-OH is 1. The lowest BCUT2D eigenvalue weighted by molar-refractivity contribution is -0.384. The number of amides is 1. The van der Waals surface area contributed by atoms with E-state index in [2.05, 4.69) is 25.8 Å². The predicted octanol–water partition coefficient (Wildman–Crippen LogP) is 4.91. The Kier molecular flexibility index (Phi) is 5.75. The number of nitro groups is 1. The fourth-order valence-electron chi connectivity index (χ4n) is 3.96. The molecular formula is C26H23N3O5. The molecule has 1 N–H and O–H groups in total. The Labute approximate surface area is 196 Å². The molecule has 0 spiro atoms. The third kappa shape index (κ3) is 4.05. The number of pyridine rings is 1. The maximum absolute atomic E-state index is 13.2. The summed E-state index contributed by atoms with van der Waals surface area (Å²) in [6.07, 6.45) is 1.53. The number of hydrogen-bond acceptors (Lipinski definition) is 6. The lowest BCUT2D eigenvalue weighted by Gasteiger charge is -2.26. The van der Waals surface area contributed by atoms with Crippen molar-refractivity contribution in [1.82, 2.24) is 4.98 Å². The second kappa shape index (κ2) is 8.55. The molecule has 8 nitrogen and oxygen atoms in total. The van der Waals surface area contributed by atoms with Gasteiger partial charge in [-0.25, -0.2) is 0 Å². The van der Waals surface area contributed by atoms with Crippen LogP contribution in [0.4, 0.5) is 11.4 Å². The van der Waals surface area contributed by atoms with Crippen molar-refractivity contribution in [2.24, 2.45) is 0 Å². The van der Waals surface area contributed by atoms with E-state index in [9.17, 15) is 24.8 Å². The zero-order chi connectivity index (χ0) is 24.6. The zero-order valence-corrected chi connectivity index (χ0v) is 18.9. The Bertz CT molecular complexity index is 1310. The van der Waals surface area contributed by atoms with Crippen LogP contribution in [0.15, 0.2) is 78.5 Å². The maximum Gasteiger partial charge on any atom is 0.300 e. The van der Waals surface area contributed by atoms with Crippen molar-refractivity contribution in [1.29, 1.82) is 0 Å². The molecule has 1 unspecified atom stereocenters. The standard InChI is InChI=1S/C26H23N3O5/c1-26(2,3)17-10-12-18(13-11-17)28-22(20-9-4-5-14-27-20)21(24(31)25(28)32)23(30)16-7-6-8-19(15-16)29(33)34/h4-15,22,30H,1-3H3/b23-21-. The van der Waals surface area contributed by atoms with Crippen LogP contribution in [-0.4, -0.2) is 26.7 Å². The topological polar surface area (TPSA) is 114 Å². The summed E-state index contributed by atoms with van der Waals surface area (Å²) in [5, 5.41) is 22.3. The van der Waals surface area contributed by atoms with Crippen LogP contribution in [0, 0.1) is 10.1 Å². The molecule has 2 aromatic carbocycles. The molecule has 1 amide bonds. The van der Waals surface area contributed by atoms with Crippen LogP contribution >= 0.6 is 0 Å².